The molecule has 1 saturated heterocycles. The largest absolute Gasteiger partial charge is 0.490 e. The van der Waals surface area contributed by atoms with E-state index >= 15 is 0 Å². The predicted octanol–water partition coefficient (Wildman–Crippen LogP) is 2.51. The van der Waals surface area contributed by atoms with Gasteiger partial charge in [0.2, 0.25) is 15.9 Å². The fourth-order valence-corrected chi connectivity index (χ4v) is 7.05. The van der Waals surface area contributed by atoms with Crippen molar-refractivity contribution in [3.63, 3.8) is 0 Å². The number of hydrogen-bond donors (Lipinski definition) is 0. The monoisotopic (exact) mass is 434 g/mol. The molecule has 1 aromatic carbocycles. The Labute approximate surface area is 178 Å². The third-order valence-corrected chi connectivity index (χ3v) is 9.16. The van der Waals surface area contributed by atoms with Gasteiger partial charge in [-0.1, -0.05) is 6.42 Å². The van der Waals surface area contributed by atoms with Crippen LogP contribution in [0.4, 0.5) is 0 Å². The molecule has 0 unspecified atom stereocenters. The number of fused-ring (bicyclic) bond motifs is 3. The highest BCUT2D eigenvalue weighted by Gasteiger charge is 2.41. The van der Waals surface area contributed by atoms with Crippen molar-refractivity contribution >= 4 is 15.9 Å². The van der Waals surface area contributed by atoms with E-state index in [0.29, 0.717) is 63.2 Å². The van der Waals surface area contributed by atoms with Crippen molar-refractivity contribution in [3.8, 4) is 11.5 Å². The van der Waals surface area contributed by atoms with Crippen LogP contribution in [0, 0.1) is 17.8 Å². The van der Waals surface area contributed by atoms with Crippen LogP contribution in [0.3, 0.4) is 0 Å². The summed E-state index contributed by atoms with van der Waals surface area (Å²) in [6.45, 7) is 2.67. The van der Waals surface area contributed by atoms with Crippen LogP contribution in [-0.4, -0.2) is 62.9 Å². The molecule has 0 spiro atoms. The minimum atomic E-state index is -3.63. The maximum Gasteiger partial charge on any atom is 0.243 e. The van der Waals surface area contributed by atoms with Crippen molar-refractivity contribution in [1.29, 1.82) is 0 Å². The molecule has 2 aliphatic heterocycles. The van der Waals surface area contributed by atoms with Crippen LogP contribution in [0.1, 0.15) is 38.5 Å². The van der Waals surface area contributed by atoms with Gasteiger partial charge in [-0.15, -0.1) is 0 Å². The predicted molar refractivity (Wildman–Crippen MR) is 111 cm³/mol. The van der Waals surface area contributed by atoms with Gasteiger partial charge in [-0.3, -0.25) is 4.79 Å². The topological polar surface area (TPSA) is 76.2 Å². The van der Waals surface area contributed by atoms with Crippen LogP contribution in [0.15, 0.2) is 23.1 Å². The van der Waals surface area contributed by atoms with Crippen molar-refractivity contribution < 1.29 is 22.7 Å². The van der Waals surface area contributed by atoms with Crippen molar-refractivity contribution in [3.05, 3.63) is 18.2 Å². The third kappa shape index (κ3) is 3.80. The molecule has 7 nitrogen and oxygen atoms in total. The Hall–Kier alpha value is -1.80. The normalized spacial score (nSPS) is 29.1. The van der Waals surface area contributed by atoms with E-state index in [0.717, 1.165) is 18.3 Å². The Balaban J connectivity index is 1.20. The molecular formula is C22H30N2O5S. The summed E-state index contributed by atoms with van der Waals surface area (Å²) >= 11 is 0. The zero-order valence-electron chi connectivity index (χ0n) is 17.3. The Bertz CT molecular complexity index is 910. The summed E-state index contributed by atoms with van der Waals surface area (Å²) in [5.74, 6) is 3.38. The van der Waals surface area contributed by atoms with Crippen LogP contribution < -0.4 is 9.47 Å². The summed E-state index contributed by atoms with van der Waals surface area (Å²) in [4.78, 5) is 14.8. The first-order chi connectivity index (χ1) is 14.5. The van der Waals surface area contributed by atoms with Gasteiger partial charge in [0.05, 0.1) is 18.1 Å². The first-order valence-corrected chi connectivity index (χ1v) is 12.6. The Kier molecular flexibility index (Phi) is 5.39. The standard InChI is InChI=1S/C22H30N2O5S/c25-22(14-18-13-16-2-3-17(18)12-16)23-6-8-24(9-7-23)30(26,27)19-4-5-20-21(15-19)29-11-1-10-28-20/h4-5,15-18H,1-3,6-14H2/t16-,17-,18+/m0/s1. The third-order valence-electron chi connectivity index (χ3n) is 7.27. The van der Waals surface area contributed by atoms with Gasteiger partial charge in [-0.25, -0.2) is 8.42 Å². The zero-order chi connectivity index (χ0) is 20.7. The minimum absolute atomic E-state index is 0.195. The highest BCUT2D eigenvalue weighted by Crippen LogP contribution is 2.49. The van der Waals surface area contributed by atoms with Crippen LogP contribution in [0.5, 0.6) is 11.5 Å². The molecular weight excluding hydrogens is 404 g/mol. The van der Waals surface area contributed by atoms with E-state index in [4.69, 9.17) is 9.47 Å². The molecule has 30 heavy (non-hydrogen) atoms. The highest BCUT2D eigenvalue weighted by atomic mass is 32.2. The first kappa shape index (κ1) is 20.1. The number of carbonyl (C=O) groups is 1. The molecule has 0 radical (unpaired) electrons. The molecule has 8 heteroatoms. The average molecular weight is 435 g/mol. The Morgan fingerprint density at radius 2 is 1.77 bits per heavy atom. The number of benzene rings is 1. The smallest absolute Gasteiger partial charge is 0.243 e. The maximum atomic E-state index is 13.1. The SMILES string of the molecule is O=C(C[C@H]1C[C@H]2CC[C@H]1C2)N1CCN(S(=O)(=O)c2ccc3c(c2)OCCCO3)CC1. The summed E-state index contributed by atoms with van der Waals surface area (Å²) in [6.07, 6.45) is 6.54. The summed E-state index contributed by atoms with van der Waals surface area (Å²) in [5.41, 5.74) is 0. The lowest BCUT2D eigenvalue weighted by Crippen LogP contribution is -2.50. The van der Waals surface area contributed by atoms with Crippen molar-refractivity contribution in [1.82, 2.24) is 9.21 Å². The van der Waals surface area contributed by atoms with Gasteiger partial charge in [0.25, 0.3) is 0 Å². The molecule has 3 fully saturated rings. The maximum absolute atomic E-state index is 13.1. The van der Waals surface area contributed by atoms with Crippen LogP contribution in [0.25, 0.3) is 0 Å². The van der Waals surface area contributed by atoms with Crippen molar-refractivity contribution in [2.75, 3.05) is 39.4 Å². The summed E-state index contributed by atoms with van der Waals surface area (Å²) in [7, 11) is -3.63. The van der Waals surface area contributed by atoms with E-state index in [-0.39, 0.29) is 10.8 Å². The van der Waals surface area contributed by atoms with Crippen LogP contribution in [0.2, 0.25) is 0 Å². The number of piperazine rings is 1. The quantitative estimate of drug-likeness (QED) is 0.728. The summed E-state index contributed by atoms with van der Waals surface area (Å²) < 4.78 is 39.0. The lowest BCUT2D eigenvalue weighted by atomic mass is 9.86. The lowest BCUT2D eigenvalue weighted by Gasteiger charge is -2.35. The number of sulfonamides is 1. The number of carbonyl (C=O) groups excluding carboxylic acids is 1. The minimum Gasteiger partial charge on any atom is -0.490 e. The summed E-state index contributed by atoms with van der Waals surface area (Å²) in [6, 6.07) is 4.81. The second-order valence-electron chi connectivity index (χ2n) is 9.08. The fraction of sp³-hybridized carbons (Fsp3) is 0.682. The van der Waals surface area contributed by atoms with E-state index < -0.39 is 10.0 Å². The molecule has 0 N–H and O–H groups in total. The zero-order valence-corrected chi connectivity index (χ0v) is 18.1. The molecule has 0 aromatic heterocycles. The average Bonchev–Trinajstić information content (AvgIpc) is 3.29. The fourth-order valence-electron chi connectivity index (χ4n) is 5.61. The number of amides is 1. The lowest BCUT2D eigenvalue weighted by molar-refractivity contribution is -0.133. The number of rotatable bonds is 4. The van der Waals surface area contributed by atoms with Gasteiger partial charge < -0.3 is 14.4 Å². The van der Waals surface area contributed by atoms with Gasteiger partial charge in [0, 0.05) is 45.1 Å². The molecule has 1 aromatic rings. The molecule has 3 atom stereocenters. The van der Waals surface area contributed by atoms with Gasteiger partial charge in [0.1, 0.15) is 0 Å². The molecule has 2 bridgehead atoms. The number of hydrogen-bond acceptors (Lipinski definition) is 5. The molecule has 1 amide bonds. The van der Waals surface area contributed by atoms with Gasteiger partial charge in [-0.05, 0) is 49.1 Å². The van der Waals surface area contributed by atoms with E-state index in [1.807, 2.05) is 4.90 Å². The highest BCUT2D eigenvalue weighted by molar-refractivity contribution is 7.89. The molecule has 164 valence electrons. The number of nitrogens with zero attached hydrogens (tertiary/aromatic N) is 2. The van der Waals surface area contributed by atoms with E-state index in [2.05, 4.69) is 0 Å². The molecule has 5 rings (SSSR count). The van der Waals surface area contributed by atoms with Crippen LogP contribution in [-0.2, 0) is 14.8 Å². The second kappa shape index (κ2) is 8.04. The summed E-state index contributed by atoms with van der Waals surface area (Å²) in [5, 5.41) is 0. The van der Waals surface area contributed by atoms with Crippen molar-refractivity contribution in [2.24, 2.45) is 17.8 Å². The van der Waals surface area contributed by atoms with E-state index in [9.17, 15) is 13.2 Å². The molecule has 2 saturated carbocycles. The van der Waals surface area contributed by atoms with Crippen molar-refractivity contribution in [2.45, 2.75) is 43.4 Å². The van der Waals surface area contributed by atoms with Gasteiger partial charge >= 0.3 is 0 Å². The van der Waals surface area contributed by atoms with Crippen LogP contribution >= 0.6 is 0 Å². The molecule has 4 aliphatic rings. The Morgan fingerprint density at radius 3 is 2.47 bits per heavy atom. The molecule has 2 heterocycles. The first-order valence-electron chi connectivity index (χ1n) is 11.2. The van der Waals surface area contributed by atoms with E-state index in [1.165, 1.54) is 30.0 Å². The second-order valence-corrected chi connectivity index (χ2v) is 11.0. The Morgan fingerprint density at radius 1 is 1.00 bits per heavy atom. The van der Waals surface area contributed by atoms with Gasteiger partial charge in [-0.2, -0.15) is 4.31 Å². The number of ether oxygens (including phenoxy) is 2. The van der Waals surface area contributed by atoms with Gasteiger partial charge in [0.15, 0.2) is 11.5 Å². The van der Waals surface area contributed by atoms with E-state index in [1.54, 1.807) is 18.2 Å². The molecule has 2 aliphatic carbocycles.